The van der Waals surface area contributed by atoms with Crippen LogP contribution in [-0.4, -0.2) is 67.6 Å². The molecule has 0 aromatic rings. The summed E-state index contributed by atoms with van der Waals surface area (Å²) in [5.74, 6) is -0.264. The Morgan fingerprint density at radius 3 is 2.68 bits per heavy atom. The fourth-order valence-electron chi connectivity index (χ4n) is 2.68. The van der Waals surface area contributed by atoms with E-state index < -0.39 is 5.54 Å². The molecule has 112 valence electrons. The number of rotatable bonds is 7. The van der Waals surface area contributed by atoms with Crippen LogP contribution in [-0.2, 0) is 4.79 Å². The fraction of sp³-hybridized carbons (Fsp3) is 0.929. The number of hydrogen-bond acceptors (Lipinski definition) is 4. The first-order valence-corrected chi connectivity index (χ1v) is 7.34. The Balaban J connectivity index is 2.35. The van der Waals surface area contributed by atoms with Crippen molar-refractivity contribution in [2.24, 2.45) is 5.73 Å². The lowest BCUT2D eigenvalue weighted by atomic mass is 9.95. The fourth-order valence-corrected chi connectivity index (χ4v) is 2.68. The van der Waals surface area contributed by atoms with Crippen LogP contribution in [0.3, 0.4) is 0 Å². The number of nitrogens with zero attached hydrogens (tertiary/aromatic N) is 2. The normalized spacial score (nSPS) is 25.2. The van der Waals surface area contributed by atoms with Crippen LogP contribution in [0.2, 0.25) is 0 Å². The summed E-state index contributed by atoms with van der Waals surface area (Å²) in [4.78, 5) is 16.4. The Morgan fingerprint density at radius 1 is 1.47 bits per heavy atom. The second kappa shape index (κ2) is 7.22. The Kier molecular flexibility index (Phi) is 6.23. The van der Waals surface area contributed by atoms with Gasteiger partial charge in [0.15, 0.2) is 0 Å². The van der Waals surface area contributed by atoms with E-state index >= 15 is 0 Å². The molecular weight excluding hydrogens is 240 g/mol. The molecule has 0 aromatic carbocycles. The van der Waals surface area contributed by atoms with Gasteiger partial charge in [0.25, 0.3) is 0 Å². The van der Waals surface area contributed by atoms with Gasteiger partial charge >= 0.3 is 0 Å². The molecule has 1 amide bonds. The van der Waals surface area contributed by atoms with Crippen molar-refractivity contribution in [1.29, 1.82) is 0 Å². The predicted molar refractivity (Wildman–Crippen MR) is 79.0 cm³/mol. The van der Waals surface area contributed by atoms with Crippen LogP contribution >= 0.6 is 0 Å². The quantitative estimate of drug-likeness (QED) is 0.696. The lowest BCUT2D eigenvalue weighted by Gasteiger charge is -2.39. The molecule has 1 aliphatic rings. The molecule has 5 heteroatoms. The zero-order valence-electron chi connectivity index (χ0n) is 12.9. The molecule has 19 heavy (non-hydrogen) atoms. The van der Waals surface area contributed by atoms with Gasteiger partial charge in [-0.1, -0.05) is 6.92 Å². The smallest absolute Gasteiger partial charge is 0.237 e. The van der Waals surface area contributed by atoms with Crippen molar-refractivity contribution in [3.8, 4) is 0 Å². The second-order valence-corrected chi connectivity index (χ2v) is 5.89. The molecule has 0 aromatic heterocycles. The number of hydrogen-bond donors (Lipinski definition) is 2. The van der Waals surface area contributed by atoms with Crippen LogP contribution in [0, 0.1) is 0 Å². The standard InChI is InChI=1S/C14H30N4O/c1-5-12-11-18(10-9-17(12)4)8-6-7-14(2,16-3)13(15)19/h12,16H,5-11H2,1-4H3,(H2,15,19). The van der Waals surface area contributed by atoms with Gasteiger partial charge in [0.05, 0.1) is 5.54 Å². The van der Waals surface area contributed by atoms with Crippen molar-refractivity contribution < 1.29 is 4.79 Å². The molecule has 0 bridgehead atoms. The molecule has 0 saturated carbocycles. The third kappa shape index (κ3) is 4.44. The summed E-state index contributed by atoms with van der Waals surface area (Å²) >= 11 is 0. The molecule has 1 aliphatic heterocycles. The number of carbonyl (C=O) groups is 1. The van der Waals surface area contributed by atoms with Crippen LogP contribution < -0.4 is 11.1 Å². The number of amides is 1. The zero-order chi connectivity index (χ0) is 14.5. The maximum atomic E-state index is 11.4. The summed E-state index contributed by atoms with van der Waals surface area (Å²) in [6.45, 7) is 8.58. The first kappa shape index (κ1) is 16.4. The Labute approximate surface area is 117 Å². The van der Waals surface area contributed by atoms with Crippen LogP contribution in [0.25, 0.3) is 0 Å². The van der Waals surface area contributed by atoms with Gasteiger partial charge < -0.3 is 20.9 Å². The van der Waals surface area contributed by atoms with E-state index in [0.29, 0.717) is 6.04 Å². The largest absolute Gasteiger partial charge is 0.368 e. The van der Waals surface area contributed by atoms with E-state index in [2.05, 4.69) is 29.1 Å². The van der Waals surface area contributed by atoms with Gasteiger partial charge in [0, 0.05) is 25.7 Å². The van der Waals surface area contributed by atoms with Gasteiger partial charge in [-0.3, -0.25) is 4.79 Å². The highest BCUT2D eigenvalue weighted by Gasteiger charge is 2.29. The second-order valence-electron chi connectivity index (χ2n) is 5.89. The maximum Gasteiger partial charge on any atom is 0.237 e. The highest BCUT2D eigenvalue weighted by Crippen LogP contribution is 2.15. The molecule has 3 N–H and O–H groups in total. The van der Waals surface area contributed by atoms with Gasteiger partial charge in [-0.15, -0.1) is 0 Å². The summed E-state index contributed by atoms with van der Waals surface area (Å²) < 4.78 is 0. The van der Waals surface area contributed by atoms with Crippen molar-refractivity contribution in [3.63, 3.8) is 0 Å². The van der Waals surface area contributed by atoms with E-state index in [0.717, 1.165) is 39.0 Å². The zero-order valence-corrected chi connectivity index (χ0v) is 12.9. The summed E-state index contributed by atoms with van der Waals surface area (Å²) in [6.07, 6.45) is 2.99. The minimum Gasteiger partial charge on any atom is -0.368 e. The molecular formula is C14H30N4O. The van der Waals surface area contributed by atoms with Crippen LogP contribution in [0.15, 0.2) is 0 Å². The van der Waals surface area contributed by atoms with Crippen molar-refractivity contribution >= 4 is 5.91 Å². The van der Waals surface area contributed by atoms with Crippen LogP contribution in [0.1, 0.15) is 33.1 Å². The first-order valence-electron chi connectivity index (χ1n) is 7.34. The average molecular weight is 270 g/mol. The van der Waals surface area contributed by atoms with Gasteiger partial charge in [-0.05, 0) is 46.8 Å². The molecule has 1 rings (SSSR count). The summed E-state index contributed by atoms with van der Waals surface area (Å²) in [7, 11) is 4.00. The molecule has 2 atom stereocenters. The SMILES string of the molecule is CCC1CN(CCCC(C)(NC)C(N)=O)CCN1C. The summed E-state index contributed by atoms with van der Waals surface area (Å²) in [5, 5.41) is 3.04. The minimum absolute atomic E-state index is 0.264. The van der Waals surface area contributed by atoms with Crippen molar-refractivity contribution in [3.05, 3.63) is 0 Å². The average Bonchev–Trinajstić information content (AvgIpc) is 2.40. The first-order chi connectivity index (χ1) is 8.92. The van der Waals surface area contributed by atoms with Gasteiger partial charge in [0.2, 0.25) is 5.91 Å². The van der Waals surface area contributed by atoms with E-state index in [1.54, 1.807) is 7.05 Å². The number of primary amides is 1. The number of likely N-dealkylation sites (N-methyl/N-ethyl adjacent to an activating group) is 2. The minimum atomic E-state index is -0.573. The predicted octanol–water partition coefficient (Wildman–Crippen LogP) is 0.256. The molecule has 0 aliphatic carbocycles. The molecule has 0 radical (unpaired) electrons. The summed E-state index contributed by atoms with van der Waals surface area (Å²) in [5.41, 5.74) is 4.87. The van der Waals surface area contributed by atoms with Crippen molar-refractivity contribution in [2.75, 3.05) is 40.3 Å². The molecule has 1 fully saturated rings. The van der Waals surface area contributed by atoms with E-state index in [1.807, 2.05) is 6.92 Å². The Hall–Kier alpha value is -0.650. The highest BCUT2D eigenvalue weighted by atomic mass is 16.1. The monoisotopic (exact) mass is 270 g/mol. The topological polar surface area (TPSA) is 61.6 Å². The van der Waals surface area contributed by atoms with Crippen molar-refractivity contribution in [1.82, 2.24) is 15.1 Å². The number of nitrogens with two attached hydrogens (primary N) is 1. The third-order valence-corrected chi connectivity index (χ3v) is 4.58. The van der Waals surface area contributed by atoms with Crippen molar-refractivity contribution in [2.45, 2.75) is 44.7 Å². The maximum absolute atomic E-state index is 11.4. The lowest BCUT2D eigenvalue weighted by Crippen LogP contribution is -2.53. The van der Waals surface area contributed by atoms with E-state index in [1.165, 1.54) is 6.42 Å². The Bertz CT molecular complexity index is 297. The lowest BCUT2D eigenvalue weighted by molar-refractivity contribution is -0.123. The molecule has 5 nitrogen and oxygen atoms in total. The van der Waals surface area contributed by atoms with E-state index in [4.69, 9.17) is 5.73 Å². The van der Waals surface area contributed by atoms with E-state index in [9.17, 15) is 4.79 Å². The van der Waals surface area contributed by atoms with Crippen LogP contribution in [0.4, 0.5) is 0 Å². The molecule has 1 heterocycles. The highest BCUT2D eigenvalue weighted by molar-refractivity contribution is 5.84. The van der Waals surface area contributed by atoms with Gasteiger partial charge in [0.1, 0.15) is 0 Å². The number of piperazine rings is 1. The van der Waals surface area contributed by atoms with Crippen LogP contribution in [0.5, 0.6) is 0 Å². The van der Waals surface area contributed by atoms with Gasteiger partial charge in [-0.25, -0.2) is 0 Å². The Morgan fingerprint density at radius 2 is 2.16 bits per heavy atom. The summed E-state index contributed by atoms with van der Waals surface area (Å²) in [6, 6.07) is 0.667. The molecule has 0 spiro atoms. The number of nitrogens with one attached hydrogen (secondary N) is 1. The van der Waals surface area contributed by atoms with Gasteiger partial charge in [-0.2, -0.15) is 0 Å². The third-order valence-electron chi connectivity index (χ3n) is 4.58. The molecule has 1 saturated heterocycles. The number of carbonyl (C=O) groups excluding carboxylic acids is 1. The van der Waals surface area contributed by atoms with E-state index in [-0.39, 0.29) is 5.91 Å². The molecule has 2 unspecified atom stereocenters.